The number of carbonyl (C=O) groups excluding carboxylic acids is 1. The minimum atomic E-state index is -4.95. The molecule has 0 aliphatic carbocycles. The van der Waals surface area contributed by atoms with Gasteiger partial charge in [0.25, 0.3) is 5.91 Å². The summed E-state index contributed by atoms with van der Waals surface area (Å²) in [6, 6.07) is 8.27. The lowest BCUT2D eigenvalue weighted by atomic mass is 10.00. The third-order valence-electron chi connectivity index (χ3n) is 5.33. The van der Waals surface area contributed by atoms with Crippen LogP contribution in [-0.4, -0.2) is 29.9 Å². The van der Waals surface area contributed by atoms with Crippen LogP contribution in [0.4, 0.5) is 33.5 Å². The number of hydrogen-bond acceptors (Lipinski definition) is 5. The highest BCUT2D eigenvalue weighted by Gasteiger charge is 2.40. The van der Waals surface area contributed by atoms with Crippen LogP contribution in [0.3, 0.4) is 0 Å². The van der Waals surface area contributed by atoms with E-state index in [-0.39, 0.29) is 44.0 Å². The molecule has 1 amide bonds. The van der Waals surface area contributed by atoms with Crippen LogP contribution in [0.5, 0.6) is 0 Å². The lowest BCUT2D eigenvalue weighted by molar-refractivity contribution is -0.141. The predicted octanol–water partition coefficient (Wildman–Crippen LogP) is 5.87. The molecular formula is C22H26F5N5O. The van der Waals surface area contributed by atoms with Crippen molar-refractivity contribution in [3.8, 4) is 6.07 Å². The van der Waals surface area contributed by atoms with E-state index in [0.717, 1.165) is 5.56 Å². The van der Waals surface area contributed by atoms with E-state index < -0.39 is 42.1 Å². The van der Waals surface area contributed by atoms with Crippen molar-refractivity contribution in [2.75, 3.05) is 23.3 Å². The van der Waals surface area contributed by atoms with Crippen molar-refractivity contribution in [3.63, 3.8) is 0 Å². The summed E-state index contributed by atoms with van der Waals surface area (Å²) in [5.74, 6) is -4.07. The molecule has 1 aliphatic heterocycles. The number of benzene rings is 1. The molecule has 6 nitrogen and oxygen atoms in total. The number of pyridine rings is 1. The second-order valence-corrected chi connectivity index (χ2v) is 7.79. The maximum atomic E-state index is 13.9. The molecule has 2 heterocycles. The Labute approximate surface area is 189 Å². The second-order valence-electron chi connectivity index (χ2n) is 7.79. The van der Waals surface area contributed by atoms with Crippen LogP contribution in [0.25, 0.3) is 0 Å². The molecule has 2 aromatic rings. The molecule has 1 aromatic carbocycles. The van der Waals surface area contributed by atoms with Crippen LogP contribution < -0.4 is 16.4 Å². The van der Waals surface area contributed by atoms with Crippen molar-refractivity contribution in [2.24, 2.45) is 0 Å². The van der Waals surface area contributed by atoms with Crippen LogP contribution in [0.1, 0.15) is 53.4 Å². The minimum Gasteiger partial charge on any atom is -0.356 e. The molecule has 1 aromatic heterocycles. The smallest absolute Gasteiger partial charge is 0.356 e. The van der Waals surface area contributed by atoms with Gasteiger partial charge < -0.3 is 16.4 Å². The summed E-state index contributed by atoms with van der Waals surface area (Å²) in [6.45, 7) is 2.77. The highest BCUT2D eigenvalue weighted by atomic mass is 19.4. The SMILES string of the molecule is Cc1cccc(NC(=O)c2c(N3CCCC(F)(F)CC3)nc(C(F)(F)F)c(C#N)c2C)c1.N.[HH]. The fourth-order valence-corrected chi connectivity index (χ4v) is 3.72. The van der Waals surface area contributed by atoms with Gasteiger partial charge in [-0.3, -0.25) is 4.79 Å². The molecule has 3 rings (SSSR count). The quantitative estimate of drug-likeness (QED) is 0.545. The Morgan fingerprint density at radius 1 is 1.24 bits per heavy atom. The Bertz CT molecular complexity index is 1080. The summed E-state index contributed by atoms with van der Waals surface area (Å²) < 4.78 is 68.6. The number of anilines is 2. The molecule has 0 saturated carbocycles. The van der Waals surface area contributed by atoms with Crippen LogP contribution in [-0.2, 0) is 6.18 Å². The van der Waals surface area contributed by atoms with Gasteiger partial charge in [-0.15, -0.1) is 0 Å². The van der Waals surface area contributed by atoms with Gasteiger partial charge in [0.15, 0.2) is 5.69 Å². The van der Waals surface area contributed by atoms with E-state index in [4.69, 9.17) is 0 Å². The molecular weight excluding hydrogens is 445 g/mol. The first kappa shape index (κ1) is 26.0. The van der Waals surface area contributed by atoms with Crippen LogP contribution >= 0.6 is 0 Å². The van der Waals surface area contributed by atoms with Gasteiger partial charge >= 0.3 is 6.18 Å². The molecule has 4 N–H and O–H groups in total. The zero-order valence-corrected chi connectivity index (χ0v) is 18.2. The summed E-state index contributed by atoms with van der Waals surface area (Å²) in [5.41, 5.74) is -1.39. The molecule has 1 saturated heterocycles. The van der Waals surface area contributed by atoms with E-state index in [9.17, 15) is 32.0 Å². The van der Waals surface area contributed by atoms with Crippen LogP contribution in [0.15, 0.2) is 24.3 Å². The van der Waals surface area contributed by atoms with Gasteiger partial charge in [0.05, 0.1) is 11.1 Å². The third kappa shape index (κ3) is 5.76. The van der Waals surface area contributed by atoms with Crippen LogP contribution in [0, 0.1) is 25.2 Å². The predicted molar refractivity (Wildman–Crippen MR) is 116 cm³/mol. The summed E-state index contributed by atoms with van der Waals surface area (Å²) >= 11 is 0. The molecule has 33 heavy (non-hydrogen) atoms. The Morgan fingerprint density at radius 3 is 2.55 bits per heavy atom. The normalized spacial score (nSPS) is 15.8. The van der Waals surface area contributed by atoms with Gasteiger partial charge in [-0.05, 0) is 43.5 Å². The number of nitriles is 1. The number of rotatable bonds is 3. The van der Waals surface area contributed by atoms with Crippen molar-refractivity contribution in [1.82, 2.24) is 11.1 Å². The largest absolute Gasteiger partial charge is 0.434 e. The molecule has 0 atom stereocenters. The average Bonchev–Trinajstić information content (AvgIpc) is 2.86. The zero-order chi connectivity index (χ0) is 23.7. The van der Waals surface area contributed by atoms with Crippen molar-refractivity contribution in [2.45, 2.75) is 45.2 Å². The summed E-state index contributed by atoms with van der Waals surface area (Å²) in [5, 5.41) is 12.0. The zero-order valence-electron chi connectivity index (χ0n) is 18.2. The summed E-state index contributed by atoms with van der Waals surface area (Å²) in [6.07, 6.45) is -5.91. The molecule has 0 radical (unpaired) electrons. The number of nitrogens with one attached hydrogen (secondary N) is 1. The molecule has 0 unspecified atom stereocenters. The van der Waals surface area contributed by atoms with Gasteiger partial charge in [0.1, 0.15) is 11.9 Å². The number of nitrogens with zero attached hydrogens (tertiary/aromatic N) is 3. The lowest BCUT2D eigenvalue weighted by Gasteiger charge is -2.27. The fraction of sp³-hybridized carbons (Fsp3) is 0.409. The van der Waals surface area contributed by atoms with Crippen molar-refractivity contribution in [3.05, 3.63) is 52.2 Å². The number of aryl methyl sites for hydroxylation is 1. The van der Waals surface area contributed by atoms with Gasteiger partial charge in [-0.1, -0.05) is 12.1 Å². The maximum absolute atomic E-state index is 13.9. The van der Waals surface area contributed by atoms with Gasteiger partial charge in [0.2, 0.25) is 5.92 Å². The number of aromatic nitrogens is 1. The second kappa shape index (κ2) is 9.70. The van der Waals surface area contributed by atoms with Gasteiger partial charge in [-0.25, -0.2) is 13.8 Å². The molecule has 180 valence electrons. The van der Waals surface area contributed by atoms with E-state index in [0.29, 0.717) is 5.69 Å². The summed E-state index contributed by atoms with van der Waals surface area (Å²) in [7, 11) is 0. The van der Waals surface area contributed by atoms with Crippen molar-refractivity contribution >= 4 is 17.4 Å². The highest BCUT2D eigenvalue weighted by molar-refractivity contribution is 6.09. The fourth-order valence-electron chi connectivity index (χ4n) is 3.72. The number of hydrogen-bond donors (Lipinski definition) is 2. The minimum absolute atomic E-state index is 0. The topological polar surface area (TPSA) is 104 Å². The number of carbonyl (C=O) groups is 1. The van der Waals surface area contributed by atoms with Crippen molar-refractivity contribution < 1.29 is 28.2 Å². The Hall–Kier alpha value is -3.26. The highest BCUT2D eigenvalue weighted by Crippen LogP contribution is 2.38. The Morgan fingerprint density at radius 2 is 1.94 bits per heavy atom. The van der Waals surface area contributed by atoms with Crippen molar-refractivity contribution in [1.29, 1.82) is 5.26 Å². The molecule has 0 bridgehead atoms. The third-order valence-corrected chi connectivity index (χ3v) is 5.33. The molecule has 1 fully saturated rings. The van der Waals surface area contributed by atoms with E-state index in [1.165, 1.54) is 17.9 Å². The lowest BCUT2D eigenvalue weighted by Crippen LogP contribution is -2.31. The molecule has 1 aliphatic rings. The first-order valence-electron chi connectivity index (χ1n) is 9.95. The molecule has 11 heteroatoms. The standard InChI is InChI=1S/C22H21F5N4O.H3N.H2/c1-13-5-3-6-15(11-13)29-20(32)17-14(2)16(12-28)18(22(25,26)27)30-19(17)31-9-4-7-21(23,24)8-10-31;;/h3,5-6,11H,4,7-10H2,1-2H3,(H,29,32);1H3;1H. The van der Waals surface area contributed by atoms with E-state index in [2.05, 4.69) is 10.3 Å². The average molecular weight is 471 g/mol. The maximum Gasteiger partial charge on any atom is 0.434 e. The Kier molecular flexibility index (Phi) is 7.64. The molecule has 0 spiro atoms. The van der Waals surface area contributed by atoms with Crippen LogP contribution in [0.2, 0.25) is 0 Å². The summed E-state index contributed by atoms with van der Waals surface area (Å²) in [4.78, 5) is 18.1. The van der Waals surface area contributed by atoms with E-state index in [1.54, 1.807) is 31.2 Å². The van der Waals surface area contributed by atoms with Gasteiger partial charge in [-0.2, -0.15) is 18.4 Å². The first-order chi connectivity index (χ1) is 14.9. The number of halogens is 5. The Balaban J connectivity index is 0.00000289. The van der Waals surface area contributed by atoms with E-state index in [1.807, 2.05) is 0 Å². The number of alkyl halides is 5. The number of amides is 1. The van der Waals surface area contributed by atoms with Gasteiger partial charge in [0, 0.05) is 33.0 Å². The first-order valence-corrected chi connectivity index (χ1v) is 9.95. The monoisotopic (exact) mass is 471 g/mol. The van der Waals surface area contributed by atoms with E-state index >= 15 is 0 Å².